The van der Waals surface area contributed by atoms with Gasteiger partial charge in [-0.3, -0.25) is 4.79 Å². The SMILES string of the molecule is Cc1ccc(COc2ccc(Br)cc2/C=C(\C#N)C(=O)Nc2cccc(Cl)c2)cc1. The van der Waals surface area contributed by atoms with E-state index in [-0.39, 0.29) is 5.57 Å². The number of amides is 1. The Morgan fingerprint density at radius 2 is 1.93 bits per heavy atom. The Labute approximate surface area is 188 Å². The quantitative estimate of drug-likeness (QED) is 0.321. The molecule has 0 aromatic heterocycles. The molecule has 0 saturated heterocycles. The van der Waals surface area contributed by atoms with Gasteiger partial charge in [-0.2, -0.15) is 5.26 Å². The number of nitrogens with one attached hydrogen (secondary N) is 1. The number of nitriles is 1. The van der Waals surface area contributed by atoms with Crippen LogP contribution in [0.25, 0.3) is 6.08 Å². The van der Waals surface area contributed by atoms with E-state index < -0.39 is 5.91 Å². The molecule has 150 valence electrons. The zero-order valence-corrected chi connectivity index (χ0v) is 18.5. The lowest BCUT2D eigenvalue weighted by atomic mass is 10.1. The van der Waals surface area contributed by atoms with Crippen molar-refractivity contribution in [2.75, 3.05) is 5.32 Å². The van der Waals surface area contributed by atoms with Gasteiger partial charge in [-0.15, -0.1) is 0 Å². The molecule has 6 heteroatoms. The molecule has 0 aliphatic heterocycles. The van der Waals surface area contributed by atoms with Gasteiger partial charge < -0.3 is 10.1 Å². The van der Waals surface area contributed by atoms with Gasteiger partial charge in [0, 0.05) is 20.7 Å². The van der Waals surface area contributed by atoms with Crippen LogP contribution in [0.1, 0.15) is 16.7 Å². The number of carbonyl (C=O) groups excluding carboxylic acids is 1. The molecule has 0 aliphatic rings. The molecule has 0 bridgehead atoms. The first-order valence-electron chi connectivity index (χ1n) is 9.11. The minimum atomic E-state index is -0.524. The van der Waals surface area contributed by atoms with Crippen LogP contribution in [0.3, 0.4) is 0 Å². The van der Waals surface area contributed by atoms with Crippen molar-refractivity contribution in [2.24, 2.45) is 0 Å². The highest BCUT2D eigenvalue weighted by molar-refractivity contribution is 9.10. The van der Waals surface area contributed by atoms with Gasteiger partial charge >= 0.3 is 0 Å². The van der Waals surface area contributed by atoms with Crippen molar-refractivity contribution < 1.29 is 9.53 Å². The standard InChI is InChI=1S/C24H18BrClN2O2/c1-16-5-7-17(8-6-16)15-30-23-10-9-20(25)12-18(23)11-19(14-27)24(29)28-22-4-2-3-21(26)13-22/h2-13H,15H2,1H3,(H,28,29)/b19-11+. The maximum Gasteiger partial charge on any atom is 0.266 e. The van der Waals surface area contributed by atoms with Crippen LogP contribution >= 0.6 is 27.5 Å². The summed E-state index contributed by atoms with van der Waals surface area (Å²) in [6.45, 7) is 2.40. The number of halogens is 2. The highest BCUT2D eigenvalue weighted by Gasteiger charge is 2.12. The van der Waals surface area contributed by atoms with Crippen molar-refractivity contribution in [2.45, 2.75) is 13.5 Å². The van der Waals surface area contributed by atoms with Crippen molar-refractivity contribution in [3.63, 3.8) is 0 Å². The van der Waals surface area contributed by atoms with Gasteiger partial charge in [0.1, 0.15) is 24.0 Å². The highest BCUT2D eigenvalue weighted by Crippen LogP contribution is 2.27. The lowest BCUT2D eigenvalue weighted by Gasteiger charge is -2.11. The summed E-state index contributed by atoms with van der Waals surface area (Å²) < 4.78 is 6.76. The van der Waals surface area contributed by atoms with Crippen LogP contribution in [-0.2, 0) is 11.4 Å². The first-order chi connectivity index (χ1) is 14.4. The van der Waals surface area contributed by atoms with Gasteiger partial charge in [0.15, 0.2) is 0 Å². The lowest BCUT2D eigenvalue weighted by Crippen LogP contribution is -2.13. The third-order valence-electron chi connectivity index (χ3n) is 4.23. The molecule has 3 aromatic carbocycles. The molecule has 30 heavy (non-hydrogen) atoms. The van der Waals surface area contributed by atoms with Gasteiger partial charge in [0.05, 0.1) is 0 Å². The predicted octanol–water partition coefficient (Wildman–Crippen LogP) is 6.54. The number of benzene rings is 3. The van der Waals surface area contributed by atoms with E-state index in [1.807, 2.05) is 43.3 Å². The molecule has 0 radical (unpaired) electrons. The normalized spacial score (nSPS) is 10.9. The lowest BCUT2D eigenvalue weighted by molar-refractivity contribution is -0.112. The number of anilines is 1. The summed E-state index contributed by atoms with van der Waals surface area (Å²) in [4.78, 5) is 12.6. The second-order valence-electron chi connectivity index (χ2n) is 6.59. The smallest absolute Gasteiger partial charge is 0.266 e. The largest absolute Gasteiger partial charge is 0.488 e. The molecule has 0 heterocycles. The second kappa shape index (κ2) is 10.1. The average Bonchev–Trinajstić information content (AvgIpc) is 2.72. The molecular formula is C24H18BrClN2O2. The molecule has 0 unspecified atom stereocenters. The third-order valence-corrected chi connectivity index (χ3v) is 4.96. The van der Waals surface area contributed by atoms with E-state index in [0.717, 1.165) is 10.0 Å². The Morgan fingerprint density at radius 3 is 2.63 bits per heavy atom. The van der Waals surface area contributed by atoms with Crippen molar-refractivity contribution in [1.29, 1.82) is 5.26 Å². The molecule has 1 N–H and O–H groups in total. The topological polar surface area (TPSA) is 62.1 Å². The van der Waals surface area contributed by atoms with Crippen LogP contribution in [0.15, 0.2) is 76.8 Å². The van der Waals surface area contributed by atoms with Crippen LogP contribution in [-0.4, -0.2) is 5.91 Å². The fraction of sp³-hybridized carbons (Fsp3) is 0.0833. The Hall–Kier alpha value is -3.07. The van der Waals surface area contributed by atoms with E-state index in [9.17, 15) is 10.1 Å². The Balaban J connectivity index is 1.82. The monoisotopic (exact) mass is 480 g/mol. The van der Waals surface area contributed by atoms with Gasteiger partial charge in [0.2, 0.25) is 0 Å². The Morgan fingerprint density at radius 1 is 1.17 bits per heavy atom. The van der Waals surface area contributed by atoms with Crippen LogP contribution in [0.5, 0.6) is 5.75 Å². The minimum absolute atomic E-state index is 0.0479. The molecule has 0 aliphatic carbocycles. The molecule has 0 saturated carbocycles. The first kappa shape index (κ1) is 21.6. The maximum atomic E-state index is 12.6. The molecule has 0 fully saturated rings. The van der Waals surface area contributed by atoms with E-state index in [4.69, 9.17) is 16.3 Å². The highest BCUT2D eigenvalue weighted by atomic mass is 79.9. The van der Waals surface area contributed by atoms with Crippen molar-refractivity contribution >= 4 is 45.2 Å². The zero-order chi connectivity index (χ0) is 21.5. The summed E-state index contributed by atoms with van der Waals surface area (Å²) in [5, 5.41) is 12.7. The van der Waals surface area contributed by atoms with Crippen molar-refractivity contribution in [3.8, 4) is 11.8 Å². The predicted molar refractivity (Wildman–Crippen MR) is 123 cm³/mol. The van der Waals surface area contributed by atoms with Crippen LogP contribution in [0, 0.1) is 18.3 Å². The van der Waals surface area contributed by atoms with Gasteiger partial charge in [-0.25, -0.2) is 0 Å². The van der Waals surface area contributed by atoms with E-state index in [0.29, 0.717) is 28.6 Å². The fourth-order valence-electron chi connectivity index (χ4n) is 2.68. The average molecular weight is 482 g/mol. The molecule has 4 nitrogen and oxygen atoms in total. The van der Waals surface area contributed by atoms with Gasteiger partial charge in [0.25, 0.3) is 5.91 Å². The molecule has 3 aromatic rings. The van der Waals surface area contributed by atoms with Crippen LogP contribution in [0.4, 0.5) is 5.69 Å². The summed E-state index contributed by atoms with van der Waals surface area (Å²) in [6, 6.07) is 22.2. The van der Waals surface area contributed by atoms with Crippen LogP contribution < -0.4 is 10.1 Å². The Kier molecular flexibility index (Phi) is 7.29. The zero-order valence-electron chi connectivity index (χ0n) is 16.2. The number of rotatable bonds is 6. The maximum absolute atomic E-state index is 12.6. The molecule has 0 spiro atoms. The van der Waals surface area contributed by atoms with E-state index in [1.165, 1.54) is 11.6 Å². The summed E-state index contributed by atoms with van der Waals surface area (Å²) in [5.41, 5.74) is 3.29. The molecule has 1 amide bonds. The molecular weight excluding hydrogens is 464 g/mol. The number of carbonyl (C=O) groups is 1. The fourth-order valence-corrected chi connectivity index (χ4v) is 3.25. The number of aryl methyl sites for hydroxylation is 1. The summed E-state index contributed by atoms with van der Waals surface area (Å²) in [5.74, 6) is 0.0475. The Bertz CT molecular complexity index is 1130. The van der Waals surface area contributed by atoms with Crippen LogP contribution in [0.2, 0.25) is 5.02 Å². The number of ether oxygens (including phenoxy) is 1. The first-order valence-corrected chi connectivity index (χ1v) is 10.3. The third kappa shape index (κ3) is 5.96. The number of hydrogen-bond acceptors (Lipinski definition) is 3. The summed E-state index contributed by atoms with van der Waals surface area (Å²) in [6.07, 6.45) is 1.51. The molecule has 0 atom stereocenters. The van der Waals surface area contributed by atoms with E-state index >= 15 is 0 Å². The molecule has 3 rings (SSSR count). The van der Waals surface area contributed by atoms with Crippen molar-refractivity contribution in [3.05, 3.63) is 98.5 Å². The number of nitrogens with zero attached hydrogens (tertiary/aromatic N) is 1. The van der Waals surface area contributed by atoms with Gasteiger partial charge in [-0.05, 0) is 55.0 Å². The van der Waals surface area contributed by atoms with E-state index in [1.54, 1.807) is 36.4 Å². The second-order valence-corrected chi connectivity index (χ2v) is 7.94. The van der Waals surface area contributed by atoms with E-state index in [2.05, 4.69) is 21.2 Å². The summed E-state index contributed by atoms with van der Waals surface area (Å²) >= 11 is 9.38. The minimum Gasteiger partial charge on any atom is -0.488 e. The van der Waals surface area contributed by atoms with Crippen molar-refractivity contribution in [1.82, 2.24) is 0 Å². The summed E-state index contributed by atoms with van der Waals surface area (Å²) in [7, 11) is 0. The number of hydrogen-bond donors (Lipinski definition) is 1. The van der Waals surface area contributed by atoms with Gasteiger partial charge in [-0.1, -0.05) is 63.4 Å².